The van der Waals surface area contributed by atoms with Gasteiger partial charge in [0.2, 0.25) is 5.88 Å². The van der Waals surface area contributed by atoms with Crippen molar-refractivity contribution in [1.82, 2.24) is 29.9 Å². The molecule has 6 heterocycles. The summed E-state index contributed by atoms with van der Waals surface area (Å²) in [5.41, 5.74) is 4.91. The van der Waals surface area contributed by atoms with Gasteiger partial charge >= 0.3 is 6.29 Å². The van der Waals surface area contributed by atoms with E-state index in [4.69, 9.17) is 9.72 Å². The number of imidazole rings is 1. The Kier molecular flexibility index (Phi) is 5.58. The van der Waals surface area contributed by atoms with Crippen LogP contribution in [0.25, 0.3) is 33.5 Å². The number of fused-ring (bicyclic) bond motifs is 2. The number of piperidine rings is 1. The van der Waals surface area contributed by atoms with E-state index in [-0.39, 0.29) is 17.4 Å². The number of hydrogen-bond donors (Lipinski definition) is 2. The molecule has 2 N–H and O–H groups in total. The molecule has 1 fully saturated rings. The number of halogens is 2. The van der Waals surface area contributed by atoms with Gasteiger partial charge in [-0.2, -0.15) is 0 Å². The lowest BCUT2D eigenvalue weighted by Gasteiger charge is -2.32. The zero-order valence-electron chi connectivity index (χ0n) is 21.7. The van der Waals surface area contributed by atoms with E-state index in [0.717, 1.165) is 65.6 Å². The number of ether oxygens (including phenoxy) is 3. The fourth-order valence-electron chi connectivity index (χ4n) is 5.44. The molecule has 204 valence electrons. The van der Waals surface area contributed by atoms with Crippen molar-refractivity contribution in [2.45, 2.75) is 32.0 Å². The first kappa shape index (κ1) is 24.3. The minimum Gasteiger partial charge on any atom is -0.481 e. The second kappa shape index (κ2) is 9.18. The number of alkyl halides is 2. The molecule has 10 nitrogen and oxygen atoms in total. The Morgan fingerprint density at radius 3 is 2.62 bits per heavy atom. The lowest BCUT2D eigenvalue weighted by molar-refractivity contribution is -0.286. The Hall–Kier alpha value is -4.74. The molecule has 40 heavy (non-hydrogen) atoms. The third-order valence-corrected chi connectivity index (χ3v) is 7.42. The van der Waals surface area contributed by atoms with Crippen molar-refractivity contribution < 1.29 is 23.0 Å². The number of benzene rings is 1. The average Bonchev–Trinajstić information content (AvgIpc) is 3.66. The van der Waals surface area contributed by atoms with Crippen molar-refractivity contribution >= 4 is 16.9 Å². The molecule has 2 aliphatic heterocycles. The molecule has 0 atom stereocenters. The molecule has 0 amide bonds. The summed E-state index contributed by atoms with van der Waals surface area (Å²) >= 11 is 0. The third kappa shape index (κ3) is 4.25. The van der Waals surface area contributed by atoms with E-state index in [1.165, 1.54) is 6.07 Å². The Bertz CT molecular complexity index is 1730. The minimum atomic E-state index is -3.65. The Morgan fingerprint density at radius 1 is 0.975 bits per heavy atom. The highest BCUT2D eigenvalue weighted by Crippen LogP contribution is 2.43. The first-order valence-corrected chi connectivity index (χ1v) is 12.9. The van der Waals surface area contributed by atoms with Gasteiger partial charge < -0.3 is 29.1 Å². The summed E-state index contributed by atoms with van der Waals surface area (Å²) in [5, 5.41) is 0.955. The SMILES string of the molecule is COc1cc(-c2cc3c(N4CCC(c5nc(-c6ccc7c(c6)OC(F)(F)O7)c(C)[nH]5)CC4)ncnc3[nH]2)ccn1. The largest absolute Gasteiger partial charge is 0.586 e. The smallest absolute Gasteiger partial charge is 0.481 e. The van der Waals surface area contributed by atoms with Gasteiger partial charge in [0.1, 0.15) is 23.6 Å². The molecular weight excluding hydrogens is 520 g/mol. The standard InChI is InChI=1S/C28H25F2N7O3/c1-15-24(18-3-4-21-22(11-18)40-28(29,30)39-21)36-25(34-15)16-6-9-37(10-7-16)27-19-13-20(35-26(19)32-14-33-27)17-5-8-31-23(12-17)38-2/h3-5,8,11-14,16H,6-7,9-10H2,1-2H3,(H,34,36)(H,32,33,35). The predicted octanol–water partition coefficient (Wildman–Crippen LogP) is 5.43. The molecule has 2 aliphatic rings. The van der Waals surface area contributed by atoms with E-state index in [9.17, 15) is 8.78 Å². The fourth-order valence-corrected chi connectivity index (χ4v) is 5.44. The summed E-state index contributed by atoms with van der Waals surface area (Å²) in [6.07, 6.45) is 1.41. The highest BCUT2D eigenvalue weighted by molar-refractivity contribution is 5.92. The first-order chi connectivity index (χ1) is 19.4. The maximum absolute atomic E-state index is 13.5. The van der Waals surface area contributed by atoms with Crippen molar-refractivity contribution in [3.8, 4) is 39.9 Å². The van der Waals surface area contributed by atoms with Gasteiger partial charge in [-0.25, -0.2) is 19.9 Å². The number of H-pyrrole nitrogens is 2. The van der Waals surface area contributed by atoms with Crippen LogP contribution in [0.15, 0.2) is 48.9 Å². The van der Waals surface area contributed by atoms with Crippen LogP contribution < -0.4 is 19.1 Å². The number of nitrogens with zero attached hydrogens (tertiary/aromatic N) is 5. The van der Waals surface area contributed by atoms with Gasteiger partial charge in [0.15, 0.2) is 11.5 Å². The highest BCUT2D eigenvalue weighted by Gasteiger charge is 2.43. The summed E-state index contributed by atoms with van der Waals surface area (Å²) in [5.74, 6) is 2.57. The summed E-state index contributed by atoms with van der Waals surface area (Å²) in [4.78, 5) is 27.2. The number of nitrogens with one attached hydrogen (secondary N) is 2. The van der Waals surface area contributed by atoms with E-state index < -0.39 is 6.29 Å². The molecule has 0 spiro atoms. The number of methoxy groups -OCH3 is 1. The van der Waals surface area contributed by atoms with Gasteiger partial charge in [0.05, 0.1) is 18.2 Å². The second-order valence-corrected chi connectivity index (χ2v) is 9.92. The minimum absolute atomic E-state index is 0.00639. The molecule has 1 aromatic carbocycles. The Labute approximate surface area is 227 Å². The van der Waals surface area contributed by atoms with Crippen molar-refractivity contribution in [1.29, 1.82) is 0 Å². The van der Waals surface area contributed by atoms with Gasteiger partial charge in [0.25, 0.3) is 0 Å². The molecule has 0 bridgehead atoms. The molecule has 0 unspecified atom stereocenters. The van der Waals surface area contributed by atoms with Gasteiger partial charge in [0, 0.05) is 53.8 Å². The number of hydrogen-bond acceptors (Lipinski definition) is 8. The van der Waals surface area contributed by atoms with Crippen molar-refractivity contribution in [2.75, 3.05) is 25.1 Å². The summed E-state index contributed by atoms with van der Waals surface area (Å²) < 4.78 is 41.3. The summed E-state index contributed by atoms with van der Waals surface area (Å²) in [6, 6.07) is 10.6. The highest BCUT2D eigenvalue weighted by atomic mass is 19.3. The second-order valence-electron chi connectivity index (χ2n) is 9.92. The molecule has 12 heteroatoms. The van der Waals surface area contributed by atoms with Gasteiger partial charge in [-0.15, -0.1) is 8.78 Å². The normalized spacial score (nSPS) is 16.6. The van der Waals surface area contributed by atoms with Crippen LogP contribution in [0, 0.1) is 6.92 Å². The van der Waals surface area contributed by atoms with Crippen molar-refractivity contribution in [3.63, 3.8) is 0 Å². The fraction of sp³-hybridized carbons (Fsp3) is 0.286. The van der Waals surface area contributed by atoms with E-state index in [2.05, 4.69) is 45.4 Å². The number of aromatic amines is 2. The van der Waals surface area contributed by atoms with Crippen LogP contribution in [-0.4, -0.2) is 56.4 Å². The number of pyridine rings is 1. The van der Waals surface area contributed by atoms with E-state index in [0.29, 0.717) is 17.1 Å². The van der Waals surface area contributed by atoms with Gasteiger partial charge in [-0.3, -0.25) is 0 Å². The van der Waals surface area contributed by atoms with Crippen LogP contribution in [0.4, 0.5) is 14.6 Å². The zero-order valence-corrected chi connectivity index (χ0v) is 21.7. The van der Waals surface area contributed by atoms with Crippen molar-refractivity contribution in [2.24, 2.45) is 0 Å². The average molecular weight is 546 g/mol. The molecule has 0 saturated carbocycles. The topological polar surface area (TPSA) is 114 Å². The molecule has 5 aromatic rings. The molecular formula is C28H25F2N7O3. The Morgan fingerprint density at radius 2 is 1.80 bits per heavy atom. The first-order valence-electron chi connectivity index (χ1n) is 12.9. The molecule has 4 aromatic heterocycles. The number of aryl methyl sites for hydroxylation is 1. The maximum atomic E-state index is 13.5. The van der Waals surface area contributed by atoms with Crippen LogP contribution in [0.2, 0.25) is 0 Å². The lowest BCUT2D eigenvalue weighted by atomic mass is 9.96. The monoisotopic (exact) mass is 545 g/mol. The summed E-state index contributed by atoms with van der Waals surface area (Å²) in [7, 11) is 1.59. The van der Waals surface area contributed by atoms with Gasteiger partial charge in [-0.1, -0.05) is 0 Å². The van der Waals surface area contributed by atoms with E-state index >= 15 is 0 Å². The van der Waals surface area contributed by atoms with Crippen LogP contribution in [-0.2, 0) is 0 Å². The molecule has 7 rings (SSSR count). The quantitative estimate of drug-likeness (QED) is 0.301. The van der Waals surface area contributed by atoms with Crippen molar-refractivity contribution in [3.05, 3.63) is 60.4 Å². The van der Waals surface area contributed by atoms with Crippen LogP contribution >= 0.6 is 0 Å². The number of anilines is 1. The molecule has 0 radical (unpaired) electrons. The van der Waals surface area contributed by atoms with Crippen LogP contribution in [0.5, 0.6) is 17.4 Å². The number of aromatic nitrogens is 6. The number of rotatable bonds is 5. The van der Waals surface area contributed by atoms with Crippen LogP contribution in [0.1, 0.15) is 30.3 Å². The zero-order chi connectivity index (χ0) is 27.4. The van der Waals surface area contributed by atoms with Crippen LogP contribution in [0.3, 0.4) is 0 Å². The van der Waals surface area contributed by atoms with Gasteiger partial charge in [-0.05, 0) is 50.1 Å². The predicted molar refractivity (Wildman–Crippen MR) is 143 cm³/mol. The summed E-state index contributed by atoms with van der Waals surface area (Å²) in [6.45, 7) is 3.53. The van der Waals surface area contributed by atoms with E-state index in [1.54, 1.807) is 31.8 Å². The Balaban J connectivity index is 1.09. The van der Waals surface area contributed by atoms with E-state index in [1.807, 2.05) is 19.1 Å². The molecule has 1 saturated heterocycles. The maximum Gasteiger partial charge on any atom is 0.586 e. The third-order valence-electron chi connectivity index (χ3n) is 7.42. The lowest BCUT2D eigenvalue weighted by Crippen LogP contribution is -2.33. The molecule has 0 aliphatic carbocycles.